The van der Waals surface area contributed by atoms with E-state index in [4.69, 9.17) is 18.0 Å². The summed E-state index contributed by atoms with van der Waals surface area (Å²) in [6, 6.07) is 9.52. The van der Waals surface area contributed by atoms with Crippen LogP contribution in [0, 0.1) is 5.82 Å². The molecule has 0 saturated carbocycles. The lowest BCUT2D eigenvalue weighted by Crippen LogP contribution is -2.34. The summed E-state index contributed by atoms with van der Waals surface area (Å²) in [5.74, 6) is -1.15. The first kappa shape index (κ1) is 24.4. The average Bonchev–Trinajstić information content (AvgIpc) is 3.00. The minimum absolute atomic E-state index is 0.0479. The SMILES string of the molecule is NC(=O)NS(=O)(=O)c1ccc(NC(=O)CCN2C(=O)C(=Cc3ccc(F)cc3)SC2=S)cc1. The number of rotatable bonds is 7. The topological polar surface area (TPSA) is 139 Å². The van der Waals surface area contributed by atoms with E-state index in [1.165, 1.54) is 53.4 Å². The maximum Gasteiger partial charge on any atom is 0.326 e. The van der Waals surface area contributed by atoms with Crippen molar-refractivity contribution in [2.24, 2.45) is 5.73 Å². The molecule has 4 N–H and O–H groups in total. The lowest BCUT2D eigenvalue weighted by molar-refractivity contribution is -0.122. The fourth-order valence-corrected chi connectivity index (χ4v) is 4.93. The van der Waals surface area contributed by atoms with Gasteiger partial charge in [0.2, 0.25) is 5.91 Å². The smallest absolute Gasteiger partial charge is 0.326 e. The molecule has 172 valence electrons. The quantitative estimate of drug-likeness (QED) is 0.386. The number of benzene rings is 2. The van der Waals surface area contributed by atoms with Crippen LogP contribution in [0.25, 0.3) is 6.08 Å². The number of carbonyl (C=O) groups excluding carboxylic acids is 3. The molecule has 3 rings (SSSR count). The van der Waals surface area contributed by atoms with Crippen LogP contribution in [-0.4, -0.2) is 42.0 Å². The molecule has 2 aromatic carbocycles. The van der Waals surface area contributed by atoms with Gasteiger partial charge in [0.15, 0.2) is 0 Å². The van der Waals surface area contributed by atoms with Gasteiger partial charge in [0.05, 0.1) is 9.80 Å². The van der Waals surface area contributed by atoms with Crippen molar-refractivity contribution in [1.82, 2.24) is 9.62 Å². The first-order valence-corrected chi connectivity index (χ1v) is 12.0. The van der Waals surface area contributed by atoms with E-state index < -0.39 is 22.0 Å². The summed E-state index contributed by atoms with van der Waals surface area (Å²) in [6.07, 6.45) is 1.54. The Labute approximate surface area is 198 Å². The third-order valence-electron chi connectivity index (χ3n) is 4.29. The predicted octanol–water partition coefficient (Wildman–Crippen LogP) is 2.41. The highest BCUT2D eigenvalue weighted by atomic mass is 32.2. The van der Waals surface area contributed by atoms with Gasteiger partial charge in [-0.25, -0.2) is 22.3 Å². The summed E-state index contributed by atoms with van der Waals surface area (Å²) in [5, 5.41) is 2.59. The van der Waals surface area contributed by atoms with Crippen LogP contribution in [0.5, 0.6) is 0 Å². The van der Waals surface area contributed by atoms with Gasteiger partial charge in [-0.3, -0.25) is 14.5 Å². The number of thioether (sulfide) groups is 1. The molecule has 33 heavy (non-hydrogen) atoms. The fraction of sp³-hybridized carbons (Fsp3) is 0.100. The molecule has 1 heterocycles. The molecule has 0 atom stereocenters. The van der Waals surface area contributed by atoms with Crippen molar-refractivity contribution in [2.75, 3.05) is 11.9 Å². The number of thiocarbonyl (C=S) groups is 1. The zero-order valence-electron chi connectivity index (χ0n) is 16.8. The van der Waals surface area contributed by atoms with Crippen molar-refractivity contribution >= 4 is 67.9 Å². The molecular weight excluding hydrogens is 491 g/mol. The Morgan fingerprint density at radius 1 is 1.12 bits per heavy atom. The Morgan fingerprint density at radius 3 is 2.36 bits per heavy atom. The number of amides is 4. The first-order valence-electron chi connectivity index (χ1n) is 9.28. The Balaban J connectivity index is 1.57. The number of halogens is 1. The zero-order valence-corrected chi connectivity index (χ0v) is 19.2. The molecule has 2 aromatic rings. The zero-order chi connectivity index (χ0) is 24.2. The second-order valence-corrected chi connectivity index (χ2v) is 10.0. The minimum atomic E-state index is -4.09. The summed E-state index contributed by atoms with van der Waals surface area (Å²) < 4.78 is 38.7. The molecule has 1 saturated heterocycles. The molecule has 13 heteroatoms. The summed E-state index contributed by atoms with van der Waals surface area (Å²) in [5.41, 5.74) is 5.79. The van der Waals surface area contributed by atoms with Crippen LogP contribution < -0.4 is 15.8 Å². The van der Waals surface area contributed by atoms with Crippen LogP contribution in [0.15, 0.2) is 58.3 Å². The van der Waals surface area contributed by atoms with Crippen LogP contribution in [0.2, 0.25) is 0 Å². The lowest BCUT2D eigenvalue weighted by atomic mass is 10.2. The Morgan fingerprint density at radius 2 is 1.76 bits per heavy atom. The van der Waals surface area contributed by atoms with E-state index in [-0.39, 0.29) is 29.6 Å². The molecule has 9 nitrogen and oxygen atoms in total. The van der Waals surface area contributed by atoms with Crippen LogP contribution >= 0.6 is 24.0 Å². The molecule has 0 aromatic heterocycles. The van der Waals surface area contributed by atoms with Gasteiger partial charge in [0, 0.05) is 18.7 Å². The molecule has 0 bridgehead atoms. The van der Waals surface area contributed by atoms with E-state index in [1.807, 2.05) is 0 Å². The molecule has 0 spiro atoms. The molecule has 1 aliphatic rings. The minimum Gasteiger partial charge on any atom is -0.351 e. The Bertz CT molecular complexity index is 1250. The highest BCUT2D eigenvalue weighted by Crippen LogP contribution is 2.32. The van der Waals surface area contributed by atoms with Crippen molar-refractivity contribution in [3.05, 3.63) is 64.8 Å². The number of nitrogens with zero attached hydrogens (tertiary/aromatic N) is 1. The molecule has 0 aliphatic carbocycles. The number of urea groups is 1. The Hall–Kier alpha value is -3.29. The van der Waals surface area contributed by atoms with Gasteiger partial charge in [-0.2, -0.15) is 0 Å². The average molecular weight is 509 g/mol. The van der Waals surface area contributed by atoms with Gasteiger partial charge in [-0.1, -0.05) is 36.1 Å². The number of nitrogens with one attached hydrogen (secondary N) is 2. The third kappa shape index (κ3) is 6.37. The maximum absolute atomic E-state index is 13.0. The van der Waals surface area contributed by atoms with Gasteiger partial charge in [0.1, 0.15) is 10.1 Å². The second kappa shape index (κ2) is 10.1. The van der Waals surface area contributed by atoms with E-state index in [0.29, 0.717) is 20.5 Å². The number of hydrogen-bond acceptors (Lipinski definition) is 7. The van der Waals surface area contributed by atoms with Crippen molar-refractivity contribution in [3.8, 4) is 0 Å². The van der Waals surface area contributed by atoms with E-state index in [9.17, 15) is 27.2 Å². The highest BCUT2D eigenvalue weighted by Gasteiger charge is 2.32. The van der Waals surface area contributed by atoms with Crippen molar-refractivity contribution in [3.63, 3.8) is 0 Å². The normalized spacial score (nSPS) is 15.1. The van der Waals surface area contributed by atoms with Gasteiger partial charge in [-0.05, 0) is 48.0 Å². The van der Waals surface area contributed by atoms with Crippen molar-refractivity contribution < 1.29 is 27.2 Å². The van der Waals surface area contributed by atoms with Crippen LogP contribution in [0.4, 0.5) is 14.9 Å². The molecule has 0 unspecified atom stereocenters. The van der Waals surface area contributed by atoms with Crippen LogP contribution in [0.1, 0.15) is 12.0 Å². The van der Waals surface area contributed by atoms with E-state index in [2.05, 4.69) is 5.32 Å². The highest BCUT2D eigenvalue weighted by molar-refractivity contribution is 8.26. The third-order valence-corrected chi connectivity index (χ3v) is 7.03. The summed E-state index contributed by atoms with van der Waals surface area (Å²) in [7, 11) is -4.09. The number of sulfonamides is 1. The molecular formula is C20H17FN4O5S3. The van der Waals surface area contributed by atoms with Crippen molar-refractivity contribution in [1.29, 1.82) is 0 Å². The maximum atomic E-state index is 13.0. The van der Waals surface area contributed by atoms with Gasteiger partial charge >= 0.3 is 6.03 Å². The van der Waals surface area contributed by atoms with E-state index in [0.717, 1.165) is 11.8 Å². The van der Waals surface area contributed by atoms with Crippen molar-refractivity contribution in [2.45, 2.75) is 11.3 Å². The molecule has 1 fully saturated rings. The van der Waals surface area contributed by atoms with Gasteiger partial charge < -0.3 is 11.1 Å². The summed E-state index contributed by atoms with van der Waals surface area (Å²) >= 11 is 6.32. The van der Waals surface area contributed by atoms with Gasteiger partial charge in [-0.15, -0.1) is 0 Å². The van der Waals surface area contributed by atoms with Crippen LogP contribution in [-0.2, 0) is 19.6 Å². The number of anilines is 1. The first-order chi connectivity index (χ1) is 15.5. The summed E-state index contributed by atoms with van der Waals surface area (Å²) in [4.78, 5) is 37.1. The predicted molar refractivity (Wildman–Crippen MR) is 126 cm³/mol. The summed E-state index contributed by atoms with van der Waals surface area (Å²) in [6.45, 7) is 0.0479. The largest absolute Gasteiger partial charge is 0.351 e. The second-order valence-electron chi connectivity index (χ2n) is 6.68. The number of nitrogens with two attached hydrogens (primary N) is 1. The van der Waals surface area contributed by atoms with E-state index in [1.54, 1.807) is 10.8 Å². The fourth-order valence-electron chi connectivity index (χ4n) is 2.75. The molecule has 4 amide bonds. The monoisotopic (exact) mass is 508 g/mol. The molecule has 0 radical (unpaired) electrons. The van der Waals surface area contributed by atoms with Gasteiger partial charge in [0.25, 0.3) is 15.9 Å². The molecule has 1 aliphatic heterocycles. The standard InChI is InChI=1S/C20H17FN4O5S3/c21-13-3-1-12(2-4-13)11-16-18(27)25(20(31)32-16)10-9-17(26)23-14-5-7-15(8-6-14)33(29,30)24-19(22)28/h1-8,11H,9-10H2,(H,23,26)(H3,22,24,28). The number of hydrogen-bond donors (Lipinski definition) is 3. The lowest BCUT2D eigenvalue weighted by Gasteiger charge is -2.14. The Kier molecular flexibility index (Phi) is 7.46. The van der Waals surface area contributed by atoms with Crippen LogP contribution in [0.3, 0.4) is 0 Å². The number of primary amides is 1. The van der Waals surface area contributed by atoms with E-state index >= 15 is 0 Å². The number of carbonyl (C=O) groups is 3.